The van der Waals surface area contributed by atoms with Crippen molar-refractivity contribution in [2.75, 3.05) is 25.4 Å². The summed E-state index contributed by atoms with van der Waals surface area (Å²) in [6.07, 6.45) is 2.02. The highest BCUT2D eigenvalue weighted by molar-refractivity contribution is 7.91. The second kappa shape index (κ2) is 8.43. The lowest BCUT2D eigenvalue weighted by Gasteiger charge is -2.22. The number of hydrogen-bond donors (Lipinski definition) is 2. The molecule has 1 aliphatic heterocycles. The summed E-state index contributed by atoms with van der Waals surface area (Å²) < 4.78 is 50.9. The summed E-state index contributed by atoms with van der Waals surface area (Å²) in [6.45, 7) is 3.66. The molecule has 132 valence electrons. The molecule has 1 saturated heterocycles. The topological polar surface area (TPSA) is 92.3 Å². The van der Waals surface area contributed by atoms with Crippen molar-refractivity contribution in [2.45, 2.75) is 29.6 Å². The van der Waals surface area contributed by atoms with Gasteiger partial charge in [0.25, 0.3) is 0 Å². The molecule has 1 heterocycles. The number of rotatable bonds is 6. The summed E-state index contributed by atoms with van der Waals surface area (Å²) in [6, 6.07) is 5.51. The lowest BCUT2D eigenvalue weighted by Crippen LogP contribution is -2.38. The number of halogens is 1. The number of piperidine rings is 1. The van der Waals surface area contributed by atoms with Gasteiger partial charge in [0.1, 0.15) is 0 Å². The molecule has 1 aromatic rings. The van der Waals surface area contributed by atoms with E-state index in [1.54, 1.807) is 0 Å². The molecule has 6 nitrogen and oxygen atoms in total. The third-order valence-corrected chi connectivity index (χ3v) is 6.97. The fourth-order valence-electron chi connectivity index (χ4n) is 2.41. The highest BCUT2D eigenvalue weighted by atomic mass is 35.5. The van der Waals surface area contributed by atoms with Gasteiger partial charge in [0.05, 0.1) is 15.5 Å². The first-order chi connectivity index (χ1) is 10.3. The van der Waals surface area contributed by atoms with E-state index < -0.39 is 19.9 Å². The molecule has 1 aliphatic rings. The molecule has 0 saturated carbocycles. The first kappa shape index (κ1) is 20.4. The van der Waals surface area contributed by atoms with Gasteiger partial charge in [-0.3, -0.25) is 0 Å². The van der Waals surface area contributed by atoms with Crippen molar-refractivity contribution in [2.24, 2.45) is 5.92 Å². The van der Waals surface area contributed by atoms with Crippen LogP contribution >= 0.6 is 12.4 Å². The van der Waals surface area contributed by atoms with Crippen molar-refractivity contribution >= 4 is 32.3 Å². The third kappa shape index (κ3) is 5.42. The zero-order chi connectivity index (χ0) is 16.2. The van der Waals surface area contributed by atoms with Crippen LogP contribution in [0, 0.1) is 5.92 Å². The van der Waals surface area contributed by atoms with Gasteiger partial charge in [-0.15, -0.1) is 12.4 Å². The second-order valence-corrected chi connectivity index (χ2v) is 9.49. The Bertz CT molecular complexity index is 714. The van der Waals surface area contributed by atoms with E-state index in [-0.39, 0.29) is 33.9 Å². The first-order valence-corrected chi connectivity index (χ1v) is 10.5. The average molecular weight is 383 g/mol. The molecule has 1 aromatic carbocycles. The van der Waals surface area contributed by atoms with Crippen LogP contribution in [0.4, 0.5) is 0 Å². The molecule has 0 radical (unpaired) electrons. The van der Waals surface area contributed by atoms with E-state index in [9.17, 15) is 16.8 Å². The van der Waals surface area contributed by atoms with E-state index in [4.69, 9.17) is 0 Å². The maximum Gasteiger partial charge on any atom is 0.240 e. The number of nitrogens with one attached hydrogen (secondary N) is 2. The van der Waals surface area contributed by atoms with Gasteiger partial charge in [0.15, 0.2) is 9.84 Å². The smallest absolute Gasteiger partial charge is 0.240 e. The Morgan fingerprint density at radius 1 is 1.22 bits per heavy atom. The predicted molar refractivity (Wildman–Crippen MR) is 92.2 cm³/mol. The first-order valence-electron chi connectivity index (χ1n) is 7.38. The molecule has 0 aromatic heterocycles. The van der Waals surface area contributed by atoms with Gasteiger partial charge in [-0.1, -0.05) is 13.0 Å². The minimum atomic E-state index is -3.69. The van der Waals surface area contributed by atoms with Crippen molar-refractivity contribution < 1.29 is 16.8 Å². The van der Waals surface area contributed by atoms with Crippen LogP contribution in [0.1, 0.15) is 19.8 Å². The Morgan fingerprint density at radius 3 is 2.52 bits per heavy atom. The summed E-state index contributed by atoms with van der Waals surface area (Å²) in [5, 5.41) is 3.23. The number of sulfone groups is 1. The van der Waals surface area contributed by atoms with E-state index >= 15 is 0 Å². The molecule has 0 bridgehead atoms. The van der Waals surface area contributed by atoms with E-state index in [0.717, 1.165) is 25.9 Å². The normalized spacial score (nSPS) is 19.1. The van der Waals surface area contributed by atoms with E-state index in [0.29, 0.717) is 6.54 Å². The van der Waals surface area contributed by atoms with Gasteiger partial charge in [-0.25, -0.2) is 21.6 Å². The van der Waals surface area contributed by atoms with Crippen molar-refractivity contribution in [1.82, 2.24) is 10.0 Å². The van der Waals surface area contributed by atoms with Crippen molar-refractivity contribution in [3.05, 3.63) is 24.3 Å². The highest BCUT2D eigenvalue weighted by Gasteiger charge is 2.20. The van der Waals surface area contributed by atoms with Crippen LogP contribution in [0.15, 0.2) is 34.1 Å². The monoisotopic (exact) mass is 382 g/mol. The van der Waals surface area contributed by atoms with Gasteiger partial charge in [-0.05, 0) is 50.0 Å². The van der Waals surface area contributed by atoms with Crippen LogP contribution in [-0.2, 0) is 19.9 Å². The van der Waals surface area contributed by atoms with E-state index in [2.05, 4.69) is 10.0 Å². The van der Waals surface area contributed by atoms with Gasteiger partial charge in [-0.2, -0.15) is 0 Å². The molecule has 1 fully saturated rings. The van der Waals surface area contributed by atoms with Gasteiger partial charge in [0.2, 0.25) is 10.0 Å². The summed E-state index contributed by atoms with van der Waals surface area (Å²) in [4.78, 5) is 0.0306. The van der Waals surface area contributed by atoms with Gasteiger partial charge < -0.3 is 5.32 Å². The molecule has 0 amide bonds. The summed E-state index contributed by atoms with van der Waals surface area (Å²) in [7, 11) is -7.11. The Hall–Kier alpha value is -0.670. The summed E-state index contributed by atoms with van der Waals surface area (Å²) >= 11 is 0. The fourth-order valence-corrected chi connectivity index (χ4v) is 4.57. The third-order valence-electron chi connectivity index (χ3n) is 3.82. The lowest BCUT2D eigenvalue weighted by atomic mass is 10.0. The van der Waals surface area contributed by atoms with Crippen molar-refractivity contribution in [3.8, 4) is 0 Å². The average Bonchev–Trinajstić information content (AvgIpc) is 2.54. The van der Waals surface area contributed by atoms with Gasteiger partial charge >= 0.3 is 0 Å². The molecular formula is C14H23ClN2O4S2. The van der Waals surface area contributed by atoms with E-state index in [1.165, 1.54) is 31.2 Å². The van der Waals surface area contributed by atoms with Crippen LogP contribution in [0.25, 0.3) is 0 Å². The molecule has 0 spiro atoms. The van der Waals surface area contributed by atoms with Crippen molar-refractivity contribution in [3.63, 3.8) is 0 Å². The Morgan fingerprint density at radius 2 is 1.91 bits per heavy atom. The Labute approximate surface area is 144 Å². The maximum atomic E-state index is 12.3. The zero-order valence-corrected chi connectivity index (χ0v) is 15.4. The SMILES string of the molecule is CCS(=O)(=O)c1cccc(S(=O)(=O)NCC2CCCNC2)c1.Cl. The number of benzene rings is 1. The van der Waals surface area contributed by atoms with Crippen LogP contribution in [0.2, 0.25) is 0 Å². The van der Waals surface area contributed by atoms with Crippen LogP contribution in [0.5, 0.6) is 0 Å². The molecule has 1 atom stereocenters. The highest BCUT2D eigenvalue weighted by Crippen LogP contribution is 2.17. The second-order valence-electron chi connectivity index (χ2n) is 5.44. The molecule has 2 rings (SSSR count). The van der Waals surface area contributed by atoms with Crippen LogP contribution in [-0.4, -0.2) is 42.2 Å². The largest absolute Gasteiger partial charge is 0.316 e. The number of hydrogen-bond acceptors (Lipinski definition) is 5. The molecule has 23 heavy (non-hydrogen) atoms. The fraction of sp³-hybridized carbons (Fsp3) is 0.571. The standard InChI is InChI=1S/C14H22N2O4S2.ClH/c1-2-21(17,18)13-6-3-7-14(9-13)22(19,20)16-11-12-5-4-8-15-10-12;/h3,6-7,9,12,15-16H,2,4-5,8,10-11H2,1H3;1H. The molecule has 9 heteroatoms. The maximum absolute atomic E-state index is 12.3. The summed E-state index contributed by atoms with van der Waals surface area (Å²) in [5.74, 6) is 0.212. The lowest BCUT2D eigenvalue weighted by molar-refractivity contribution is 0.376. The van der Waals surface area contributed by atoms with E-state index in [1.807, 2.05) is 0 Å². The summed E-state index contributed by atoms with van der Waals surface area (Å²) in [5.41, 5.74) is 0. The molecule has 0 aliphatic carbocycles. The predicted octanol–water partition coefficient (Wildman–Crippen LogP) is 1.18. The van der Waals surface area contributed by atoms with Crippen molar-refractivity contribution in [1.29, 1.82) is 0 Å². The Kier molecular flexibility index (Phi) is 7.47. The quantitative estimate of drug-likeness (QED) is 0.770. The van der Waals surface area contributed by atoms with Crippen LogP contribution < -0.4 is 10.0 Å². The van der Waals surface area contributed by atoms with Gasteiger partial charge in [0, 0.05) is 6.54 Å². The number of sulfonamides is 1. The molecular weight excluding hydrogens is 360 g/mol. The molecule has 1 unspecified atom stereocenters. The zero-order valence-electron chi connectivity index (χ0n) is 13.0. The Balaban J connectivity index is 0.00000264. The molecule has 2 N–H and O–H groups in total. The minimum absolute atomic E-state index is 0. The minimum Gasteiger partial charge on any atom is -0.316 e. The van der Waals surface area contributed by atoms with Crippen LogP contribution in [0.3, 0.4) is 0 Å².